The number of hydrogen-bond donors (Lipinski definition) is 0. The molecule has 0 saturated carbocycles. The molecule has 1 aliphatic rings. The molecule has 2 atom stereocenters. The highest BCUT2D eigenvalue weighted by atomic mass is 16.5. The predicted octanol–water partition coefficient (Wildman–Crippen LogP) is 3.48. The standard InChI is InChI=1S/C13H16O/c1-10-8-11(2)14-13(9-10)12-6-4-3-5-7-12/h3-7,9,11,13H,8H2,1-2H3. The molecule has 0 amide bonds. The van der Waals surface area contributed by atoms with E-state index in [2.05, 4.69) is 44.2 Å². The van der Waals surface area contributed by atoms with Crippen molar-refractivity contribution in [3.05, 3.63) is 47.5 Å². The summed E-state index contributed by atoms with van der Waals surface area (Å²) in [7, 11) is 0. The lowest BCUT2D eigenvalue weighted by Gasteiger charge is -2.26. The van der Waals surface area contributed by atoms with E-state index in [1.54, 1.807) is 0 Å². The molecule has 0 saturated heterocycles. The zero-order chi connectivity index (χ0) is 9.97. The molecule has 1 aromatic rings. The molecule has 2 rings (SSSR count). The van der Waals surface area contributed by atoms with Gasteiger partial charge in [-0.25, -0.2) is 0 Å². The Morgan fingerprint density at radius 3 is 2.57 bits per heavy atom. The molecule has 0 N–H and O–H groups in total. The van der Waals surface area contributed by atoms with Gasteiger partial charge in [0.25, 0.3) is 0 Å². The van der Waals surface area contributed by atoms with Crippen molar-refractivity contribution in [3.63, 3.8) is 0 Å². The third-order valence-corrected chi connectivity index (χ3v) is 2.55. The molecule has 0 bridgehead atoms. The van der Waals surface area contributed by atoms with Gasteiger partial charge in [0.2, 0.25) is 0 Å². The average Bonchev–Trinajstić information content (AvgIpc) is 2.18. The molecule has 0 aromatic heterocycles. The molecule has 1 nitrogen and oxygen atoms in total. The Labute approximate surface area is 85.4 Å². The van der Waals surface area contributed by atoms with Crippen molar-refractivity contribution in [2.45, 2.75) is 32.5 Å². The summed E-state index contributed by atoms with van der Waals surface area (Å²) in [5.74, 6) is 0. The normalized spacial score (nSPS) is 27.1. The molecule has 2 unspecified atom stereocenters. The van der Waals surface area contributed by atoms with Crippen molar-refractivity contribution in [1.82, 2.24) is 0 Å². The maximum atomic E-state index is 5.87. The third kappa shape index (κ3) is 2.05. The summed E-state index contributed by atoms with van der Waals surface area (Å²) in [6.07, 6.45) is 3.77. The van der Waals surface area contributed by atoms with Crippen LogP contribution in [-0.4, -0.2) is 6.10 Å². The van der Waals surface area contributed by atoms with Crippen LogP contribution >= 0.6 is 0 Å². The summed E-state index contributed by atoms with van der Waals surface area (Å²) in [5, 5.41) is 0. The molecular formula is C13H16O. The second-order valence-electron chi connectivity index (χ2n) is 4.00. The van der Waals surface area contributed by atoms with E-state index in [9.17, 15) is 0 Å². The minimum atomic E-state index is 0.153. The molecule has 14 heavy (non-hydrogen) atoms. The molecular weight excluding hydrogens is 172 g/mol. The number of benzene rings is 1. The van der Waals surface area contributed by atoms with Crippen LogP contribution in [0.15, 0.2) is 42.0 Å². The number of ether oxygens (including phenoxy) is 1. The Kier molecular flexibility index (Phi) is 2.69. The van der Waals surface area contributed by atoms with E-state index >= 15 is 0 Å². The van der Waals surface area contributed by atoms with Crippen molar-refractivity contribution < 1.29 is 4.74 Å². The largest absolute Gasteiger partial charge is 0.366 e. The van der Waals surface area contributed by atoms with Crippen LogP contribution in [0.3, 0.4) is 0 Å². The Bertz CT molecular complexity index is 326. The van der Waals surface area contributed by atoms with E-state index in [4.69, 9.17) is 4.74 Å². The molecule has 1 heteroatoms. The van der Waals surface area contributed by atoms with E-state index in [1.807, 2.05) is 6.07 Å². The highest BCUT2D eigenvalue weighted by Crippen LogP contribution is 2.28. The second-order valence-corrected chi connectivity index (χ2v) is 4.00. The van der Waals surface area contributed by atoms with E-state index in [1.165, 1.54) is 11.1 Å². The van der Waals surface area contributed by atoms with E-state index in [-0.39, 0.29) is 6.10 Å². The highest BCUT2D eigenvalue weighted by molar-refractivity contribution is 5.24. The maximum absolute atomic E-state index is 5.87. The number of hydrogen-bond acceptors (Lipinski definition) is 1. The lowest BCUT2D eigenvalue weighted by Crippen LogP contribution is -2.17. The summed E-state index contributed by atoms with van der Waals surface area (Å²) < 4.78 is 5.87. The van der Waals surface area contributed by atoms with Gasteiger partial charge in [0.15, 0.2) is 0 Å². The Morgan fingerprint density at radius 1 is 1.21 bits per heavy atom. The fourth-order valence-electron chi connectivity index (χ4n) is 1.94. The molecule has 0 fully saturated rings. The van der Waals surface area contributed by atoms with Gasteiger partial charge >= 0.3 is 0 Å². The lowest BCUT2D eigenvalue weighted by molar-refractivity contribution is 0.0134. The van der Waals surface area contributed by atoms with Crippen LogP contribution in [0, 0.1) is 0 Å². The zero-order valence-corrected chi connectivity index (χ0v) is 8.73. The SMILES string of the molecule is CC1=CC(c2ccccc2)OC(C)C1. The first kappa shape index (κ1) is 9.47. The Morgan fingerprint density at radius 2 is 1.93 bits per heavy atom. The summed E-state index contributed by atoms with van der Waals surface area (Å²) in [4.78, 5) is 0. The monoisotopic (exact) mass is 188 g/mol. The van der Waals surface area contributed by atoms with Gasteiger partial charge < -0.3 is 4.74 Å². The molecule has 0 spiro atoms. The van der Waals surface area contributed by atoms with Crippen molar-refractivity contribution in [2.75, 3.05) is 0 Å². The van der Waals surface area contributed by atoms with Crippen LogP contribution in [0.2, 0.25) is 0 Å². The molecule has 74 valence electrons. The van der Waals surface area contributed by atoms with Crippen LogP contribution in [0.25, 0.3) is 0 Å². The zero-order valence-electron chi connectivity index (χ0n) is 8.73. The van der Waals surface area contributed by atoms with E-state index in [0.717, 1.165) is 6.42 Å². The van der Waals surface area contributed by atoms with Gasteiger partial charge in [0.1, 0.15) is 6.10 Å². The minimum Gasteiger partial charge on any atom is -0.366 e. The van der Waals surface area contributed by atoms with E-state index < -0.39 is 0 Å². The third-order valence-electron chi connectivity index (χ3n) is 2.55. The van der Waals surface area contributed by atoms with Crippen molar-refractivity contribution >= 4 is 0 Å². The summed E-state index contributed by atoms with van der Waals surface area (Å²) >= 11 is 0. The summed E-state index contributed by atoms with van der Waals surface area (Å²) in [5.41, 5.74) is 2.68. The van der Waals surface area contributed by atoms with Crippen LogP contribution in [0.5, 0.6) is 0 Å². The average molecular weight is 188 g/mol. The highest BCUT2D eigenvalue weighted by Gasteiger charge is 2.18. The smallest absolute Gasteiger partial charge is 0.101 e. The van der Waals surface area contributed by atoms with Crippen LogP contribution in [0.4, 0.5) is 0 Å². The van der Waals surface area contributed by atoms with Crippen molar-refractivity contribution in [1.29, 1.82) is 0 Å². The number of rotatable bonds is 1. The Balaban J connectivity index is 2.23. The molecule has 0 radical (unpaired) electrons. The molecule has 1 aromatic carbocycles. The fraction of sp³-hybridized carbons (Fsp3) is 0.385. The maximum Gasteiger partial charge on any atom is 0.101 e. The van der Waals surface area contributed by atoms with Gasteiger partial charge in [-0.2, -0.15) is 0 Å². The summed E-state index contributed by atoms with van der Waals surface area (Å²) in [6.45, 7) is 4.31. The topological polar surface area (TPSA) is 9.23 Å². The van der Waals surface area contributed by atoms with Crippen molar-refractivity contribution in [2.24, 2.45) is 0 Å². The minimum absolute atomic E-state index is 0.153. The molecule has 1 heterocycles. The van der Waals surface area contributed by atoms with Gasteiger partial charge in [-0.05, 0) is 25.8 Å². The first-order valence-electron chi connectivity index (χ1n) is 5.13. The predicted molar refractivity (Wildman–Crippen MR) is 58.1 cm³/mol. The fourth-order valence-corrected chi connectivity index (χ4v) is 1.94. The quantitative estimate of drug-likeness (QED) is 0.613. The van der Waals surface area contributed by atoms with Gasteiger partial charge in [-0.1, -0.05) is 42.0 Å². The first-order valence-corrected chi connectivity index (χ1v) is 5.13. The second kappa shape index (κ2) is 3.97. The van der Waals surface area contributed by atoms with Gasteiger partial charge in [0, 0.05) is 0 Å². The van der Waals surface area contributed by atoms with Gasteiger partial charge in [-0.15, -0.1) is 0 Å². The molecule has 0 aliphatic carbocycles. The first-order chi connectivity index (χ1) is 6.75. The van der Waals surface area contributed by atoms with Crippen LogP contribution in [-0.2, 0) is 4.74 Å². The van der Waals surface area contributed by atoms with Crippen LogP contribution in [0.1, 0.15) is 31.9 Å². The van der Waals surface area contributed by atoms with Crippen molar-refractivity contribution in [3.8, 4) is 0 Å². The summed E-state index contributed by atoms with van der Waals surface area (Å²) in [6, 6.07) is 10.4. The van der Waals surface area contributed by atoms with Gasteiger partial charge in [0.05, 0.1) is 6.10 Å². The molecule has 1 aliphatic heterocycles. The van der Waals surface area contributed by atoms with Gasteiger partial charge in [-0.3, -0.25) is 0 Å². The lowest BCUT2D eigenvalue weighted by atomic mass is 10.0. The Hall–Kier alpha value is -1.08. The van der Waals surface area contributed by atoms with E-state index in [0.29, 0.717) is 6.10 Å². The van der Waals surface area contributed by atoms with Crippen LogP contribution < -0.4 is 0 Å².